The van der Waals surface area contributed by atoms with Crippen molar-refractivity contribution in [1.29, 1.82) is 5.26 Å². The molecule has 2 aliphatic rings. The van der Waals surface area contributed by atoms with Crippen LogP contribution < -0.4 is 5.32 Å². The van der Waals surface area contributed by atoms with E-state index < -0.39 is 24.3 Å². The maximum Gasteiger partial charge on any atom is 0.490 e. The molecule has 0 aliphatic carbocycles. The Labute approximate surface area is 211 Å². The summed E-state index contributed by atoms with van der Waals surface area (Å²) in [6.45, 7) is 3.46. The zero-order valence-electron chi connectivity index (χ0n) is 19.4. The van der Waals surface area contributed by atoms with Gasteiger partial charge in [-0.2, -0.15) is 31.6 Å². The summed E-state index contributed by atoms with van der Waals surface area (Å²) in [6, 6.07) is 11.7. The standard InChI is InChI=1S/C18H20N4O2.2C2HF3O2/c19-10-14-3-1-5-17(20-14)21-15-9-18(24-12-15)6-7-22(13-18)11-16-4-2-8-23-16;2*3-2(4,5)1(6)7/h1-5,8,15H,6-7,9,11-13H2,(H,20,21);2*(H,6,7). The number of hydrogen-bond acceptors (Lipinski definition) is 8. The van der Waals surface area contributed by atoms with Gasteiger partial charge < -0.3 is 24.7 Å². The molecule has 2 atom stereocenters. The lowest BCUT2D eigenvalue weighted by atomic mass is 9.97. The van der Waals surface area contributed by atoms with Crippen molar-refractivity contribution >= 4 is 17.8 Å². The minimum atomic E-state index is -5.08. The number of aromatic nitrogens is 1. The number of carboxylic acid groups (broad SMARTS) is 2. The predicted molar refractivity (Wildman–Crippen MR) is 116 cm³/mol. The minimum Gasteiger partial charge on any atom is -0.475 e. The smallest absolute Gasteiger partial charge is 0.475 e. The van der Waals surface area contributed by atoms with Crippen LogP contribution in [0.15, 0.2) is 41.0 Å². The maximum atomic E-state index is 10.6. The van der Waals surface area contributed by atoms with Crippen molar-refractivity contribution < 1.29 is 55.3 Å². The van der Waals surface area contributed by atoms with Crippen molar-refractivity contribution in [1.82, 2.24) is 9.88 Å². The molecule has 0 bridgehead atoms. The highest BCUT2D eigenvalue weighted by Crippen LogP contribution is 2.36. The number of alkyl halides is 6. The summed E-state index contributed by atoms with van der Waals surface area (Å²) in [5.41, 5.74) is 0.357. The van der Waals surface area contributed by atoms with E-state index in [1.165, 1.54) is 0 Å². The Kier molecular flexibility index (Phi) is 10.1. The first-order valence-corrected chi connectivity index (χ1v) is 10.8. The van der Waals surface area contributed by atoms with E-state index in [-0.39, 0.29) is 11.6 Å². The average molecular weight is 552 g/mol. The molecule has 0 aromatic carbocycles. The predicted octanol–water partition coefficient (Wildman–Crippen LogP) is 3.66. The number of pyridine rings is 1. The normalized spacial score (nSPS) is 21.0. The van der Waals surface area contributed by atoms with E-state index in [0.717, 1.165) is 44.1 Å². The lowest BCUT2D eigenvalue weighted by Gasteiger charge is -2.23. The van der Waals surface area contributed by atoms with Crippen LogP contribution in [0.4, 0.5) is 32.2 Å². The van der Waals surface area contributed by atoms with Gasteiger partial charge in [0, 0.05) is 19.5 Å². The highest BCUT2D eigenvalue weighted by Gasteiger charge is 2.45. The van der Waals surface area contributed by atoms with E-state index in [1.54, 1.807) is 12.3 Å². The topological polar surface area (TPSA) is 149 Å². The van der Waals surface area contributed by atoms with Crippen LogP contribution in [-0.4, -0.2) is 75.7 Å². The number of rotatable bonds is 4. The third kappa shape index (κ3) is 9.56. The lowest BCUT2D eigenvalue weighted by Crippen LogP contribution is -2.33. The summed E-state index contributed by atoms with van der Waals surface area (Å²) in [6.07, 6.45) is -6.45. The van der Waals surface area contributed by atoms with E-state index in [0.29, 0.717) is 12.3 Å². The molecular weight excluding hydrogens is 530 g/mol. The summed E-state index contributed by atoms with van der Waals surface area (Å²) in [5.74, 6) is -3.78. The number of ether oxygens (including phenoxy) is 1. The van der Waals surface area contributed by atoms with Gasteiger partial charge in [-0.05, 0) is 30.7 Å². The van der Waals surface area contributed by atoms with Gasteiger partial charge in [-0.15, -0.1) is 0 Å². The van der Waals surface area contributed by atoms with Crippen LogP contribution in [0, 0.1) is 11.3 Å². The van der Waals surface area contributed by atoms with Crippen molar-refractivity contribution in [3.05, 3.63) is 48.0 Å². The highest BCUT2D eigenvalue weighted by molar-refractivity contribution is 5.73. The molecule has 2 unspecified atom stereocenters. The van der Waals surface area contributed by atoms with E-state index in [2.05, 4.69) is 21.3 Å². The van der Waals surface area contributed by atoms with E-state index >= 15 is 0 Å². The largest absolute Gasteiger partial charge is 0.490 e. The summed E-state index contributed by atoms with van der Waals surface area (Å²) in [7, 11) is 0. The summed E-state index contributed by atoms with van der Waals surface area (Å²) >= 11 is 0. The zero-order chi connectivity index (χ0) is 28.6. The molecule has 4 rings (SSSR count). The number of aliphatic carboxylic acids is 2. The molecule has 2 aliphatic heterocycles. The van der Waals surface area contributed by atoms with Crippen molar-refractivity contribution in [2.75, 3.05) is 25.0 Å². The quantitative estimate of drug-likeness (QED) is 0.480. The zero-order valence-corrected chi connectivity index (χ0v) is 19.4. The minimum absolute atomic E-state index is 0.0723. The van der Waals surface area contributed by atoms with E-state index in [9.17, 15) is 26.3 Å². The van der Waals surface area contributed by atoms with Crippen molar-refractivity contribution in [3.8, 4) is 6.07 Å². The van der Waals surface area contributed by atoms with Crippen LogP contribution in [0.5, 0.6) is 0 Å². The number of nitrogens with zero attached hydrogens (tertiary/aromatic N) is 3. The molecule has 2 saturated heterocycles. The van der Waals surface area contributed by atoms with Gasteiger partial charge in [0.1, 0.15) is 23.3 Å². The number of carbonyl (C=O) groups is 2. The van der Waals surface area contributed by atoms with Gasteiger partial charge in [-0.3, -0.25) is 4.90 Å². The lowest BCUT2D eigenvalue weighted by molar-refractivity contribution is -0.193. The molecule has 2 fully saturated rings. The monoisotopic (exact) mass is 552 g/mol. The van der Waals surface area contributed by atoms with Crippen LogP contribution in [0.2, 0.25) is 0 Å². The third-order valence-corrected chi connectivity index (χ3v) is 5.26. The Bertz CT molecular complexity index is 1090. The summed E-state index contributed by atoms with van der Waals surface area (Å²) in [5, 5.41) is 26.6. The van der Waals surface area contributed by atoms with Crippen LogP contribution in [0.25, 0.3) is 0 Å². The molecule has 2 aromatic heterocycles. The van der Waals surface area contributed by atoms with Crippen molar-refractivity contribution in [2.24, 2.45) is 0 Å². The second-order valence-electron chi connectivity index (χ2n) is 8.21. The number of hydrogen-bond donors (Lipinski definition) is 3. The molecule has 0 amide bonds. The van der Waals surface area contributed by atoms with Gasteiger partial charge in [0.25, 0.3) is 0 Å². The van der Waals surface area contributed by atoms with Gasteiger partial charge in [0.05, 0.1) is 31.1 Å². The summed E-state index contributed by atoms with van der Waals surface area (Å²) in [4.78, 5) is 24.5. The fourth-order valence-corrected chi connectivity index (χ4v) is 3.69. The molecule has 3 N–H and O–H groups in total. The molecule has 1 spiro atoms. The number of nitriles is 1. The van der Waals surface area contributed by atoms with Crippen LogP contribution in [-0.2, 0) is 20.9 Å². The number of likely N-dealkylation sites (tertiary alicyclic amines) is 1. The fraction of sp³-hybridized carbons (Fsp3) is 0.455. The SMILES string of the molecule is N#Cc1cccc(NC2COC3(CCN(Cc4ccco4)C3)C2)n1.O=C(O)C(F)(F)F.O=C(O)C(F)(F)F. The van der Waals surface area contributed by atoms with Gasteiger partial charge in [-0.1, -0.05) is 6.07 Å². The van der Waals surface area contributed by atoms with Gasteiger partial charge >= 0.3 is 24.3 Å². The maximum absolute atomic E-state index is 10.6. The third-order valence-electron chi connectivity index (χ3n) is 5.26. The molecular formula is C22H22F6N4O6. The number of carboxylic acids is 2. The Morgan fingerprint density at radius 1 is 1.13 bits per heavy atom. The molecule has 0 radical (unpaired) electrons. The van der Waals surface area contributed by atoms with Gasteiger partial charge in [0.15, 0.2) is 0 Å². The Morgan fingerprint density at radius 3 is 2.29 bits per heavy atom. The molecule has 16 heteroatoms. The van der Waals surface area contributed by atoms with Crippen LogP contribution in [0.3, 0.4) is 0 Å². The van der Waals surface area contributed by atoms with E-state index in [1.807, 2.05) is 24.3 Å². The van der Waals surface area contributed by atoms with Crippen molar-refractivity contribution in [3.63, 3.8) is 0 Å². The second kappa shape index (κ2) is 12.6. The summed E-state index contributed by atoms with van der Waals surface area (Å²) < 4.78 is 75.1. The molecule has 10 nitrogen and oxygen atoms in total. The van der Waals surface area contributed by atoms with E-state index in [4.69, 9.17) is 34.2 Å². The van der Waals surface area contributed by atoms with Crippen LogP contribution in [0.1, 0.15) is 24.3 Å². The Balaban J connectivity index is 0.000000301. The first-order valence-electron chi connectivity index (χ1n) is 10.8. The molecule has 38 heavy (non-hydrogen) atoms. The molecule has 4 heterocycles. The number of halogens is 6. The molecule has 0 saturated carbocycles. The number of furan rings is 1. The van der Waals surface area contributed by atoms with Gasteiger partial charge in [0.2, 0.25) is 0 Å². The molecule has 2 aromatic rings. The Hall–Kier alpha value is -3.84. The number of anilines is 1. The Morgan fingerprint density at radius 2 is 1.76 bits per heavy atom. The van der Waals surface area contributed by atoms with Crippen molar-refractivity contribution in [2.45, 2.75) is 43.4 Å². The second-order valence-corrected chi connectivity index (χ2v) is 8.21. The average Bonchev–Trinajstić information content (AvgIpc) is 3.57. The van der Waals surface area contributed by atoms with Crippen LogP contribution >= 0.6 is 0 Å². The fourth-order valence-electron chi connectivity index (χ4n) is 3.69. The first-order chi connectivity index (χ1) is 17.6. The van der Waals surface area contributed by atoms with Gasteiger partial charge in [-0.25, -0.2) is 14.6 Å². The molecule has 208 valence electrons. The number of nitrogens with one attached hydrogen (secondary N) is 1. The highest BCUT2D eigenvalue weighted by atomic mass is 19.4. The first kappa shape index (κ1) is 30.4.